The number of thiocarbonyl (C=S) groups is 2. The van der Waals surface area contributed by atoms with Crippen molar-refractivity contribution in [2.75, 3.05) is 14.1 Å². The van der Waals surface area contributed by atoms with Crippen LogP contribution in [0.25, 0.3) is 0 Å². The largest absolute Gasteiger partial charge is 2.00 e. The Morgan fingerprint density at radius 3 is 1.09 bits per heavy atom. The van der Waals surface area contributed by atoms with E-state index in [4.69, 9.17) is 0 Å². The zero-order valence-electron chi connectivity index (χ0n) is 6.34. The summed E-state index contributed by atoms with van der Waals surface area (Å²) in [6, 6.07) is 0. The normalized spacial score (nSPS) is 6.00. The average Bonchev–Trinajstić information content (AvgIpc) is 1.89. The van der Waals surface area contributed by atoms with Crippen LogP contribution in [-0.4, -0.2) is 60.5 Å². The van der Waals surface area contributed by atoms with E-state index in [-0.39, 0.29) is 37.7 Å². The molecule has 0 aromatic rings. The minimum atomic E-state index is 0. The molecule has 0 radical (unpaired) electrons. The molecular weight excluding hydrogens is 244 g/mol. The van der Waals surface area contributed by atoms with Crippen LogP contribution in [0.3, 0.4) is 0 Å². The number of hydrogen-bond donors (Lipinski definition) is 2. The van der Waals surface area contributed by atoms with Crippen LogP contribution in [-0.2, 0) is 25.3 Å². The molecule has 0 spiro atoms. The van der Waals surface area contributed by atoms with Crippen molar-refractivity contribution in [3.8, 4) is 0 Å². The summed E-state index contributed by atoms with van der Waals surface area (Å²) in [4.78, 5) is 0. The van der Waals surface area contributed by atoms with Crippen molar-refractivity contribution in [3.63, 3.8) is 0 Å². The summed E-state index contributed by atoms with van der Waals surface area (Å²) in [5.41, 5.74) is 0. The summed E-state index contributed by atoms with van der Waals surface area (Å²) in [5.74, 6) is 0. The van der Waals surface area contributed by atoms with E-state index in [1.165, 1.54) is 0 Å². The first-order valence-electron chi connectivity index (χ1n) is 2.32. The molecule has 0 saturated carbocycles. The maximum atomic E-state index is 4.40. The molecule has 11 heavy (non-hydrogen) atoms. The Bertz CT molecular complexity index is 105. The van der Waals surface area contributed by atoms with Gasteiger partial charge in [0, 0.05) is 14.1 Å². The molecule has 0 fully saturated rings. The van der Waals surface area contributed by atoms with Crippen molar-refractivity contribution in [3.05, 3.63) is 0 Å². The standard InChI is InChI=1S/2C2H5NS2.Ca/c2*1-3-2(4)5;/h2*1H3,(H2,3,4,5);/q;;+2/p-2. The van der Waals surface area contributed by atoms with E-state index in [0.717, 1.165) is 0 Å². The van der Waals surface area contributed by atoms with Gasteiger partial charge in [0.05, 0.1) is 0 Å². The number of rotatable bonds is 0. The Kier molecular flexibility index (Phi) is 23.3. The van der Waals surface area contributed by atoms with Gasteiger partial charge in [-0.15, -0.1) is 0 Å². The molecule has 0 aromatic heterocycles. The Labute approximate surface area is 119 Å². The van der Waals surface area contributed by atoms with Crippen molar-refractivity contribution in [1.29, 1.82) is 0 Å². The fourth-order valence-electron chi connectivity index (χ4n) is 0. The quantitative estimate of drug-likeness (QED) is 0.349. The zero-order valence-corrected chi connectivity index (χ0v) is 11.8. The number of nitrogens with one attached hydrogen (secondary N) is 2. The molecule has 0 aliphatic rings. The van der Waals surface area contributed by atoms with Gasteiger partial charge in [0.15, 0.2) is 0 Å². The fraction of sp³-hybridized carbons (Fsp3) is 0.500. The van der Waals surface area contributed by atoms with Crippen LogP contribution in [0.4, 0.5) is 0 Å². The van der Waals surface area contributed by atoms with Crippen LogP contribution in [0, 0.1) is 0 Å². The first kappa shape index (κ1) is 18.3. The molecule has 0 aliphatic carbocycles. The monoisotopic (exact) mass is 252 g/mol. The number of hydrogen-bond acceptors (Lipinski definition) is 4. The SMILES string of the molecule is CNC(=S)[S-].CNC(=S)[S-].[Ca+2]. The predicted molar refractivity (Wildman–Crippen MR) is 63.8 cm³/mol. The molecule has 0 rings (SSSR count). The summed E-state index contributed by atoms with van der Waals surface area (Å²) in [7, 11) is 3.41. The second-order valence-electron chi connectivity index (χ2n) is 1.07. The Morgan fingerprint density at radius 2 is 1.09 bits per heavy atom. The summed E-state index contributed by atoms with van der Waals surface area (Å²) >= 11 is 17.6. The van der Waals surface area contributed by atoms with Crippen molar-refractivity contribution in [2.24, 2.45) is 0 Å². The van der Waals surface area contributed by atoms with Crippen molar-refractivity contribution >= 4 is 96.1 Å². The third kappa shape index (κ3) is 34.4. The van der Waals surface area contributed by atoms with Crippen LogP contribution in [0.1, 0.15) is 0 Å². The van der Waals surface area contributed by atoms with E-state index in [2.05, 4.69) is 60.3 Å². The van der Waals surface area contributed by atoms with Crippen LogP contribution in [0.5, 0.6) is 0 Å². The third-order valence-corrected chi connectivity index (χ3v) is 1.22. The molecule has 0 bridgehead atoms. The molecule has 0 heterocycles. The van der Waals surface area contributed by atoms with Gasteiger partial charge in [0.1, 0.15) is 0 Å². The third-order valence-electron chi connectivity index (χ3n) is 0.408. The minimum Gasteiger partial charge on any atom is -0.412 e. The Morgan fingerprint density at radius 1 is 1.00 bits per heavy atom. The van der Waals surface area contributed by atoms with Gasteiger partial charge < -0.3 is 60.3 Å². The molecule has 0 aliphatic heterocycles. The van der Waals surface area contributed by atoms with Gasteiger partial charge in [-0.2, -0.15) is 0 Å². The van der Waals surface area contributed by atoms with Crippen molar-refractivity contribution in [1.82, 2.24) is 10.6 Å². The van der Waals surface area contributed by atoms with Gasteiger partial charge in [-0.25, -0.2) is 0 Å². The second kappa shape index (κ2) is 14.0. The molecule has 0 saturated heterocycles. The van der Waals surface area contributed by atoms with Gasteiger partial charge >= 0.3 is 37.7 Å². The van der Waals surface area contributed by atoms with E-state index in [1.54, 1.807) is 14.1 Å². The molecule has 2 nitrogen and oxygen atoms in total. The fourth-order valence-corrected chi connectivity index (χ4v) is 0. The molecular formula is C4H8CaN2S4. The van der Waals surface area contributed by atoms with Gasteiger partial charge in [-0.3, -0.25) is 0 Å². The van der Waals surface area contributed by atoms with Crippen LogP contribution < -0.4 is 10.6 Å². The predicted octanol–water partition coefficient (Wildman–Crippen LogP) is -0.306. The summed E-state index contributed by atoms with van der Waals surface area (Å²) in [6.45, 7) is 0. The summed E-state index contributed by atoms with van der Waals surface area (Å²) in [5, 5.41) is 5.15. The summed E-state index contributed by atoms with van der Waals surface area (Å²) < 4.78 is 0.843. The van der Waals surface area contributed by atoms with Crippen LogP contribution in [0.2, 0.25) is 0 Å². The molecule has 0 atom stereocenters. The Hall–Kier alpha value is 1.48. The topological polar surface area (TPSA) is 24.1 Å². The van der Waals surface area contributed by atoms with Gasteiger partial charge in [-0.1, -0.05) is 8.64 Å². The first-order chi connectivity index (χ1) is 4.54. The van der Waals surface area contributed by atoms with E-state index >= 15 is 0 Å². The zero-order chi connectivity index (χ0) is 8.57. The molecule has 2 N–H and O–H groups in total. The van der Waals surface area contributed by atoms with E-state index < -0.39 is 0 Å². The molecule has 0 amide bonds. The first-order valence-corrected chi connectivity index (χ1v) is 3.95. The minimum absolute atomic E-state index is 0. The molecule has 0 unspecified atom stereocenters. The van der Waals surface area contributed by atoms with Crippen molar-refractivity contribution in [2.45, 2.75) is 0 Å². The Balaban J connectivity index is -0.000000107. The molecule has 7 heteroatoms. The second-order valence-corrected chi connectivity index (χ2v) is 3.22. The van der Waals surface area contributed by atoms with E-state index in [0.29, 0.717) is 8.64 Å². The van der Waals surface area contributed by atoms with Gasteiger partial charge in [-0.05, 0) is 0 Å². The van der Waals surface area contributed by atoms with Crippen LogP contribution >= 0.6 is 24.4 Å². The summed E-state index contributed by atoms with van der Waals surface area (Å²) in [6.07, 6.45) is 0. The maximum absolute atomic E-state index is 4.40. The maximum Gasteiger partial charge on any atom is 2.00 e. The van der Waals surface area contributed by atoms with Crippen LogP contribution in [0.15, 0.2) is 0 Å². The van der Waals surface area contributed by atoms with E-state index in [1.807, 2.05) is 0 Å². The van der Waals surface area contributed by atoms with Gasteiger partial charge in [0.25, 0.3) is 0 Å². The van der Waals surface area contributed by atoms with Crippen molar-refractivity contribution < 1.29 is 0 Å². The average molecular weight is 252 g/mol. The molecule has 0 aromatic carbocycles. The van der Waals surface area contributed by atoms with Gasteiger partial charge in [0.2, 0.25) is 0 Å². The smallest absolute Gasteiger partial charge is 0.412 e. The molecule has 60 valence electrons. The van der Waals surface area contributed by atoms with E-state index in [9.17, 15) is 0 Å².